The van der Waals surface area contributed by atoms with E-state index < -0.39 is 5.97 Å². The number of hydrogen-bond donors (Lipinski definition) is 2. The molecule has 0 aliphatic rings. The first-order valence-electron chi connectivity index (χ1n) is 5.78. The van der Waals surface area contributed by atoms with Crippen molar-refractivity contribution >= 4 is 5.97 Å². The Hall–Kier alpha value is -2.49. The average Bonchev–Trinajstić information content (AvgIpc) is 2.40. The molecule has 0 unspecified atom stereocenters. The third-order valence-electron chi connectivity index (χ3n) is 2.80. The number of aromatic hydroxyl groups is 1. The summed E-state index contributed by atoms with van der Waals surface area (Å²) in [5.74, 6) is -0.106. The molecule has 2 aromatic carbocycles. The second-order valence-electron chi connectivity index (χ2n) is 4.15. The Balaban J connectivity index is 2.44. The summed E-state index contributed by atoms with van der Waals surface area (Å²) in [5.41, 5.74) is 2.02. The van der Waals surface area contributed by atoms with Crippen molar-refractivity contribution in [3.05, 3.63) is 48.0 Å². The number of hydrogen-bond acceptors (Lipinski definition) is 3. The molecule has 0 saturated heterocycles. The van der Waals surface area contributed by atoms with E-state index in [4.69, 9.17) is 9.84 Å². The molecule has 0 saturated carbocycles. The second-order valence-corrected chi connectivity index (χ2v) is 4.15. The van der Waals surface area contributed by atoms with E-state index in [1.165, 1.54) is 6.07 Å². The van der Waals surface area contributed by atoms with Crippen LogP contribution in [0.4, 0.5) is 0 Å². The predicted molar refractivity (Wildman–Crippen MR) is 71.4 cm³/mol. The third kappa shape index (κ3) is 3.04. The molecule has 19 heavy (non-hydrogen) atoms. The quantitative estimate of drug-likeness (QED) is 0.884. The molecule has 0 aliphatic carbocycles. The zero-order chi connectivity index (χ0) is 13.8. The van der Waals surface area contributed by atoms with Crippen LogP contribution >= 0.6 is 0 Å². The molecule has 4 heteroatoms. The van der Waals surface area contributed by atoms with E-state index in [1.54, 1.807) is 25.3 Å². The highest BCUT2D eigenvalue weighted by atomic mass is 16.5. The van der Waals surface area contributed by atoms with Crippen molar-refractivity contribution in [1.29, 1.82) is 0 Å². The van der Waals surface area contributed by atoms with E-state index in [-0.39, 0.29) is 12.2 Å². The number of ether oxygens (including phenoxy) is 1. The number of carbonyl (C=O) groups is 1. The Bertz CT molecular complexity index is 605. The maximum Gasteiger partial charge on any atom is 0.307 e. The highest BCUT2D eigenvalue weighted by Gasteiger charge is 2.08. The average molecular weight is 258 g/mol. The minimum Gasteiger partial charge on any atom is -0.507 e. The molecular weight excluding hydrogens is 244 g/mol. The molecule has 0 fully saturated rings. The second kappa shape index (κ2) is 5.44. The SMILES string of the molecule is COc1cccc(-c2cc(CC(=O)O)ccc2O)c1. The molecule has 2 rings (SSSR count). The van der Waals surface area contributed by atoms with Crippen LogP contribution in [-0.2, 0) is 11.2 Å². The van der Waals surface area contributed by atoms with Crippen molar-refractivity contribution < 1.29 is 19.7 Å². The lowest BCUT2D eigenvalue weighted by atomic mass is 10.0. The smallest absolute Gasteiger partial charge is 0.307 e. The van der Waals surface area contributed by atoms with Gasteiger partial charge < -0.3 is 14.9 Å². The summed E-state index contributed by atoms with van der Waals surface area (Å²) in [7, 11) is 1.57. The molecule has 0 amide bonds. The third-order valence-corrected chi connectivity index (χ3v) is 2.80. The molecule has 2 aromatic rings. The molecular formula is C15H14O4. The monoisotopic (exact) mass is 258 g/mol. The summed E-state index contributed by atoms with van der Waals surface area (Å²) >= 11 is 0. The van der Waals surface area contributed by atoms with Gasteiger partial charge in [0.25, 0.3) is 0 Å². The van der Waals surface area contributed by atoms with Gasteiger partial charge in [0.2, 0.25) is 0 Å². The minimum atomic E-state index is -0.901. The van der Waals surface area contributed by atoms with E-state index in [2.05, 4.69) is 0 Å². The maximum absolute atomic E-state index is 10.7. The van der Waals surface area contributed by atoms with Crippen LogP contribution in [0.15, 0.2) is 42.5 Å². The summed E-state index contributed by atoms with van der Waals surface area (Å²) in [6, 6.07) is 12.0. The molecule has 0 heterocycles. The van der Waals surface area contributed by atoms with Gasteiger partial charge in [-0.3, -0.25) is 4.79 Å². The minimum absolute atomic E-state index is 0.0722. The van der Waals surface area contributed by atoms with Crippen LogP contribution < -0.4 is 4.74 Å². The van der Waals surface area contributed by atoms with Crippen LogP contribution in [0.25, 0.3) is 11.1 Å². The summed E-state index contributed by atoms with van der Waals surface area (Å²) in [6.07, 6.45) is -0.0722. The highest BCUT2D eigenvalue weighted by Crippen LogP contribution is 2.32. The Morgan fingerprint density at radius 3 is 2.68 bits per heavy atom. The van der Waals surface area contributed by atoms with Crippen LogP contribution in [0.1, 0.15) is 5.56 Å². The largest absolute Gasteiger partial charge is 0.507 e. The van der Waals surface area contributed by atoms with Crippen LogP contribution in [0.2, 0.25) is 0 Å². The molecule has 0 bridgehead atoms. The molecule has 98 valence electrons. The topological polar surface area (TPSA) is 66.8 Å². The van der Waals surface area contributed by atoms with Crippen LogP contribution in [0.5, 0.6) is 11.5 Å². The first-order valence-corrected chi connectivity index (χ1v) is 5.78. The summed E-state index contributed by atoms with van der Waals surface area (Å²) in [6.45, 7) is 0. The first kappa shape index (κ1) is 13.0. The number of benzene rings is 2. The number of methoxy groups -OCH3 is 1. The fourth-order valence-corrected chi connectivity index (χ4v) is 1.89. The van der Waals surface area contributed by atoms with E-state index >= 15 is 0 Å². The van der Waals surface area contributed by atoms with Crippen LogP contribution in [0.3, 0.4) is 0 Å². The number of rotatable bonds is 4. The number of carboxylic acids is 1. The molecule has 0 aliphatic heterocycles. The van der Waals surface area contributed by atoms with Crippen molar-refractivity contribution in [3.63, 3.8) is 0 Å². The van der Waals surface area contributed by atoms with Gasteiger partial charge >= 0.3 is 5.97 Å². The van der Waals surface area contributed by atoms with Crippen molar-refractivity contribution in [2.45, 2.75) is 6.42 Å². The summed E-state index contributed by atoms with van der Waals surface area (Å²) < 4.78 is 5.14. The number of phenols is 1. The Kier molecular flexibility index (Phi) is 3.71. The van der Waals surface area contributed by atoms with Gasteiger partial charge in [0, 0.05) is 5.56 Å². The van der Waals surface area contributed by atoms with Crippen molar-refractivity contribution in [1.82, 2.24) is 0 Å². The Morgan fingerprint density at radius 2 is 2.00 bits per heavy atom. The molecule has 2 N–H and O–H groups in total. The fraction of sp³-hybridized carbons (Fsp3) is 0.133. The van der Waals surface area contributed by atoms with Gasteiger partial charge in [0.05, 0.1) is 13.5 Å². The Morgan fingerprint density at radius 1 is 1.21 bits per heavy atom. The standard InChI is InChI=1S/C15H14O4/c1-19-12-4-2-3-11(9-12)13-7-10(8-15(17)18)5-6-14(13)16/h2-7,9,16H,8H2,1H3,(H,17,18). The molecule has 0 radical (unpaired) electrons. The normalized spacial score (nSPS) is 10.2. The molecule has 4 nitrogen and oxygen atoms in total. The zero-order valence-electron chi connectivity index (χ0n) is 10.5. The summed E-state index contributed by atoms with van der Waals surface area (Å²) in [4.78, 5) is 10.7. The predicted octanol–water partition coefficient (Wildman–Crippen LogP) is 2.69. The van der Waals surface area contributed by atoms with Crippen LogP contribution in [0, 0.1) is 0 Å². The van der Waals surface area contributed by atoms with E-state index in [0.717, 1.165) is 5.56 Å². The van der Waals surface area contributed by atoms with Crippen molar-refractivity contribution in [2.24, 2.45) is 0 Å². The van der Waals surface area contributed by atoms with Crippen LogP contribution in [-0.4, -0.2) is 23.3 Å². The van der Waals surface area contributed by atoms with Gasteiger partial charge in [-0.25, -0.2) is 0 Å². The highest BCUT2D eigenvalue weighted by molar-refractivity contribution is 5.75. The lowest BCUT2D eigenvalue weighted by molar-refractivity contribution is -0.136. The van der Waals surface area contributed by atoms with E-state index in [1.807, 2.05) is 18.2 Å². The van der Waals surface area contributed by atoms with Gasteiger partial charge in [-0.15, -0.1) is 0 Å². The molecule has 0 atom stereocenters. The number of aliphatic carboxylic acids is 1. The molecule has 0 spiro atoms. The number of phenolic OH excluding ortho intramolecular Hbond substituents is 1. The first-order chi connectivity index (χ1) is 9.10. The fourth-order valence-electron chi connectivity index (χ4n) is 1.89. The van der Waals surface area contributed by atoms with Gasteiger partial charge in [0.1, 0.15) is 11.5 Å². The van der Waals surface area contributed by atoms with Gasteiger partial charge in [-0.1, -0.05) is 18.2 Å². The summed E-state index contributed by atoms with van der Waals surface area (Å²) in [5, 5.41) is 18.7. The van der Waals surface area contributed by atoms with Gasteiger partial charge in [-0.05, 0) is 35.4 Å². The Labute approximate surface area is 110 Å². The number of carboxylic acid groups (broad SMARTS) is 1. The maximum atomic E-state index is 10.7. The van der Waals surface area contributed by atoms with Crippen molar-refractivity contribution in [2.75, 3.05) is 7.11 Å². The van der Waals surface area contributed by atoms with E-state index in [9.17, 15) is 9.90 Å². The van der Waals surface area contributed by atoms with Crippen molar-refractivity contribution in [3.8, 4) is 22.6 Å². The lowest BCUT2D eigenvalue weighted by Gasteiger charge is -2.08. The molecule has 0 aromatic heterocycles. The van der Waals surface area contributed by atoms with Gasteiger partial charge in [-0.2, -0.15) is 0 Å². The van der Waals surface area contributed by atoms with E-state index in [0.29, 0.717) is 16.9 Å². The zero-order valence-corrected chi connectivity index (χ0v) is 10.5. The van der Waals surface area contributed by atoms with Gasteiger partial charge in [0.15, 0.2) is 0 Å². The lowest BCUT2D eigenvalue weighted by Crippen LogP contribution is -1.99.